The number of fused-ring (bicyclic) bond motifs is 2. The molecule has 0 aromatic rings. The molecule has 0 aromatic heterocycles. The van der Waals surface area contributed by atoms with Crippen molar-refractivity contribution in [2.75, 3.05) is 13.7 Å². The largest absolute Gasteiger partial charge is 0.373 e. The number of hydrogen-bond acceptors (Lipinski definition) is 4. The van der Waals surface area contributed by atoms with Gasteiger partial charge in [-0.2, -0.15) is 0 Å². The van der Waals surface area contributed by atoms with Crippen molar-refractivity contribution in [3.8, 4) is 0 Å². The van der Waals surface area contributed by atoms with Gasteiger partial charge in [-0.1, -0.05) is 0 Å². The molecule has 6 nitrogen and oxygen atoms in total. The van der Waals surface area contributed by atoms with Crippen LogP contribution in [0.15, 0.2) is 0 Å². The van der Waals surface area contributed by atoms with Gasteiger partial charge in [0.1, 0.15) is 6.04 Å². The van der Waals surface area contributed by atoms with Gasteiger partial charge < -0.3 is 20.1 Å². The molecule has 2 fully saturated rings. The van der Waals surface area contributed by atoms with Gasteiger partial charge in [0, 0.05) is 14.0 Å². The van der Waals surface area contributed by atoms with Crippen molar-refractivity contribution in [2.24, 2.45) is 0 Å². The SMILES string of the molecule is CNC(=O)C(NC(C)=O)C(C)OCC12CCC(CC1)O2. The minimum atomic E-state index is -0.674. The van der Waals surface area contributed by atoms with E-state index in [0.29, 0.717) is 12.7 Å². The Morgan fingerprint density at radius 2 is 2.05 bits per heavy atom. The minimum Gasteiger partial charge on any atom is -0.373 e. The first-order valence-electron chi connectivity index (χ1n) is 7.24. The number of likely N-dealkylation sites (N-methyl/N-ethyl adjacent to an activating group) is 1. The topological polar surface area (TPSA) is 76.7 Å². The highest BCUT2D eigenvalue weighted by molar-refractivity contribution is 5.87. The Morgan fingerprint density at radius 3 is 2.50 bits per heavy atom. The van der Waals surface area contributed by atoms with E-state index in [-0.39, 0.29) is 17.4 Å². The molecule has 114 valence electrons. The smallest absolute Gasteiger partial charge is 0.245 e. The van der Waals surface area contributed by atoms with Gasteiger partial charge in [-0.05, 0) is 32.6 Å². The third-order valence-corrected chi connectivity index (χ3v) is 4.23. The van der Waals surface area contributed by atoms with Crippen LogP contribution in [0, 0.1) is 0 Å². The summed E-state index contributed by atoms with van der Waals surface area (Å²) in [4.78, 5) is 23.0. The van der Waals surface area contributed by atoms with Crippen LogP contribution in [0.3, 0.4) is 0 Å². The van der Waals surface area contributed by atoms with Gasteiger partial charge in [-0.3, -0.25) is 9.59 Å². The minimum absolute atomic E-state index is 0.164. The van der Waals surface area contributed by atoms with Gasteiger partial charge >= 0.3 is 0 Å². The van der Waals surface area contributed by atoms with Crippen LogP contribution < -0.4 is 10.6 Å². The van der Waals surface area contributed by atoms with Crippen LogP contribution in [0.2, 0.25) is 0 Å². The summed E-state index contributed by atoms with van der Waals surface area (Å²) in [6.45, 7) is 3.68. The molecule has 2 bridgehead atoms. The molecule has 0 aliphatic carbocycles. The molecule has 6 heteroatoms. The second-order valence-electron chi connectivity index (χ2n) is 5.81. The summed E-state index contributed by atoms with van der Waals surface area (Å²) >= 11 is 0. The zero-order valence-corrected chi connectivity index (χ0v) is 12.4. The first-order chi connectivity index (χ1) is 9.46. The lowest BCUT2D eigenvalue weighted by atomic mass is 9.89. The molecule has 20 heavy (non-hydrogen) atoms. The van der Waals surface area contributed by atoms with Crippen LogP contribution >= 0.6 is 0 Å². The second-order valence-corrected chi connectivity index (χ2v) is 5.81. The van der Waals surface area contributed by atoms with Crippen molar-refractivity contribution >= 4 is 11.8 Å². The summed E-state index contributed by atoms with van der Waals surface area (Å²) in [6.07, 6.45) is 4.24. The maximum absolute atomic E-state index is 11.8. The highest BCUT2D eigenvalue weighted by atomic mass is 16.6. The monoisotopic (exact) mass is 284 g/mol. The van der Waals surface area contributed by atoms with Gasteiger partial charge in [0.2, 0.25) is 11.8 Å². The van der Waals surface area contributed by atoms with Gasteiger partial charge in [-0.25, -0.2) is 0 Å². The van der Waals surface area contributed by atoms with Gasteiger partial charge in [0.05, 0.1) is 24.4 Å². The molecule has 2 atom stereocenters. The van der Waals surface area contributed by atoms with E-state index in [1.54, 1.807) is 14.0 Å². The molecule has 2 N–H and O–H groups in total. The number of ether oxygens (including phenoxy) is 2. The fourth-order valence-electron chi connectivity index (χ4n) is 3.04. The van der Waals surface area contributed by atoms with Crippen LogP contribution in [0.25, 0.3) is 0 Å². The van der Waals surface area contributed by atoms with Crippen molar-refractivity contribution in [1.29, 1.82) is 0 Å². The molecular formula is C14H24N2O4. The van der Waals surface area contributed by atoms with Crippen LogP contribution in [-0.2, 0) is 19.1 Å². The Bertz CT molecular complexity index is 377. The van der Waals surface area contributed by atoms with Crippen LogP contribution in [0.1, 0.15) is 39.5 Å². The second kappa shape index (κ2) is 6.10. The lowest BCUT2D eigenvalue weighted by Crippen LogP contribution is -2.52. The van der Waals surface area contributed by atoms with E-state index in [0.717, 1.165) is 25.7 Å². The average molecular weight is 284 g/mol. The predicted molar refractivity (Wildman–Crippen MR) is 73.2 cm³/mol. The summed E-state index contributed by atoms with van der Waals surface area (Å²) in [7, 11) is 1.55. The van der Waals surface area contributed by atoms with Crippen molar-refractivity contribution in [1.82, 2.24) is 10.6 Å². The third-order valence-electron chi connectivity index (χ3n) is 4.23. The standard InChI is InChI=1S/C14H24N2O4/c1-9(12(13(18)15-3)16-10(2)17)19-8-14-6-4-11(20-14)5-7-14/h9,11-12H,4-8H2,1-3H3,(H,15,18)(H,16,17). The van der Waals surface area contributed by atoms with Gasteiger partial charge in [-0.15, -0.1) is 0 Å². The number of hydrogen-bond donors (Lipinski definition) is 2. The molecule has 0 spiro atoms. The normalized spacial score (nSPS) is 30.9. The average Bonchev–Trinajstić information content (AvgIpc) is 3.02. The Kier molecular flexibility index (Phi) is 4.65. The molecule has 2 aliphatic heterocycles. The van der Waals surface area contributed by atoms with E-state index in [9.17, 15) is 9.59 Å². The Labute approximate surface area is 119 Å². The number of carbonyl (C=O) groups is 2. The highest BCUT2D eigenvalue weighted by Crippen LogP contribution is 2.43. The van der Waals surface area contributed by atoms with Crippen molar-refractivity contribution in [2.45, 2.75) is 63.4 Å². The summed E-state index contributed by atoms with van der Waals surface area (Å²) < 4.78 is 11.8. The summed E-state index contributed by atoms with van der Waals surface area (Å²) in [6, 6.07) is -0.674. The number of amides is 2. The van der Waals surface area contributed by atoms with Gasteiger partial charge in [0.15, 0.2) is 0 Å². The van der Waals surface area contributed by atoms with Crippen LogP contribution in [0.4, 0.5) is 0 Å². The van der Waals surface area contributed by atoms with Crippen molar-refractivity contribution in [3.63, 3.8) is 0 Å². The third kappa shape index (κ3) is 3.30. The molecule has 0 saturated carbocycles. The van der Waals surface area contributed by atoms with E-state index in [4.69, 9.17) is 9.47 Å². The van der Waals surface area contributed by atoms with Crippen molar-refractivity contribution in [3.05, 3.63) is 0 Å². The number of nitrogens with one attached hydrogen (secondary N) is 2. The molecule has 2 saturated heterocycles. The molecule has 2 amide bonds. The maximum Gasteiger partial charge on any atom is 0.245 e. The first kappa shape index (κ1) is 15.3. The molecule has 0 aromatic carbocycles. The lowest BCUT2D eigenvalue weighted by molar-refractivity contribution is -0.134. The Morgan fingerprint density at radius 1 is 1.40 bits per heavy atom. The summed E-state index contributed by atoms with van der Waals surface area (Å²) in [5.74, 6) is -0.493. The fraction of sp³-hybridized carbons (Fsp3) is 0.857. The van der Waals surface area contributed by atoms with E-state index in [2.05, 4.69) is 10.6 Å². The molecule has 2 heterocycles. The zero-order valence-electron chi connectivity index (χ0n) is 12.4. The maximum atomic E-state index is 11.8. The van der Waals surface area contributed by atoms with Gasteiger partial charge in [0.25, 0.3) is 0 Å². The van der Waals surface area contributed by atoms with Crippen LogP contribution in [0.5, 0.6) is 0 Å². The van der Waals surface area contributed by atoms with E-state index < -0.39 is 12.1 Å². The highest BCUT2D eigenvalue weighted by Gasteiger charge is 2.46. The molecular weight excluding hydrogens is 260 g/mol. The van der Waals surface area contributed by atoms with E-state index >= 15 is 0 Å². The fourth-order valence-corrected chi connectivity index (χ4v) is 3.04. The van der Waals surface area contributed by atoms with Crippen LogP contribution in [-0.4, -0.2) is 49.3 Å². The molecule has 2 unspecified atom stereocenters. The number of carbonyl (C=O) groups excluding carboxylic acids is 2. The molecule has 0 radical (unpaired) electrons. The van der Waals surface area contributed by atoms with E-state index in [1.807, 2.05) is 0 Å². The first-order valence-corrected chi connectivity index (χ1v) is 7.24. The number of rotatable bonds is 6. The Balaban J connectivity index is 1.89. The van der Waals surface area contributed by atoms with E-state index in [1.165, 1.54) is 6.92 Å². The Hall–Kier alpha value is -1.14. The summed E-state index contributed by atoms with van der Waals surface area (Å²) in [5.41, 5.74) is -0.164. The lowest BCUT2D eigenvalue weighted by Gasteiger charge is -2.29. The predicted octanol–water partition coefficient (Wildman–Crippen LogP) is 0.354. The van der Waals surface area contributed by atoms with Crippen molar-refractivity contribution < 1.29 is 19.1 Å². The summed E-state index contributed by atoms with van der Waals surface area (Å²) in [5, 5.41) is 5.18. The quantitative estimate of drug-likeness (QED) is 0.738. The molecule has 2 rings (SSSR count). The zero-order chi connectivity index (χ0) is 14.8. The molecule has 2 aliphatic rings.